The molecule has 2 aromatic rings. The third kappa shape index (κ3) is 6.92. The minimum atomic E-state index is -0.543. The van der Waals surface area contributed by atoms with E-state index in [-0.39, 0.29) is 12.3 Å². The highest BCUT2D eigenvalue weighted by atomic mass is 16.5. The van der Waals surface area contributed by atoms with Crippen molar-refractivity contribution in [1.82, 2.24) is 10.4 Å². The zero-order valence-corrected chi connectivity index (χ0v) is 17.4. The van der Waals surface area contributed by atoms with Gasteiger partial charge in [0.2, 0.25) is 5.91 Å². The third-order valence-corrected chi connectivity index (χ3v) is 5.66. The molecule has 162 valence electrons. The van der Waals surface area contributed by atoms with Crippen LogP contribution < -0.4 is 5.48 Å². The largest absolute Gasteiger partial charge is 0.388 e. The number of carbonyl (C=O) groups excluding carboxylic acids is 1. The highest BCUT2D eigenvalue weighted by Crippen LogP contribution is 2.25. The van der Waals surface area contributed by atoms with Gasteiger partial charge in [-0.2, -0.15) is 0 Å². The fourth-order valence-corrected chi connectivity index (χ4v) is 3.72. The van der Waals surface area contributed by atoms with Crippen molar-refractivity contribution in [2.24, 2.45) is 0 Å². The second-order valence-corrected chi connectivity index (χ2v) is 7.82. The van der Waals surface area contributed by atoms with Crippen LogP contribution in [0.15, 0.2) is 48.5 Å². The molecule has 1 aliphatic heterocycles. The normalized spacial score (nSPS) is 15.7. The molecule has 1 saturated heterocycles. The molecule has 1 amide bonds. The minimum Gasteiger partial charge on any atom is -0.388 e. The van der Waals surface area contributed by atoms with E-state index >= 15 is 0 Å². The molecule has 1 fully saturated rings. The summed E-state index contributed by atoms with van der Waals surface area (Å²) in [5, 5.41) is 18.8. The summed E-state index contributed by atoms with van der Waals surface area (Å²) in [4.78, 5) is 13.4. The molecule has 0 spiro atoms. The Morgan fingerprint density at radius 3 is 2.27 bits per heavy atom. The lowest BCUT2D eigenvalue weighted by atomic mass is 9.98. The number of aliphatic hydroxyl groups excluding tert-OH is 1. The first-order valence-corrected chi connectivity index (χ1v) is 10.8. The number of hydrogen-bond acceptors (Lipinski definition) is 5. The van der Waals surface area contributed by atoms with Crippen LogP contribution in [0.3, 0.4) is 0 Å². The zero-order valence-electron chi connectivity index (χ0n) is 17.4. The second-order valence-electron chi connectivity index (χ2n) is 7.82. The SMILES string of the molecule is O=C(CCCC[C@@H](O)c1ccc(-c2ccc(CCN3CCOCC3)cc2)cc1)NO. The monoisotopic (exact) mass is 412 g/mol. The van der Waals surface area contributed by atoms with E-state index in [0.29, 0.717) is 12.8 Å². The maximum absolute atomic E-state index is 11.0. The number of unbranched alkanes of at least 4 members (excludes halogenated alkanes) is 1. The zero-order chi connectivity index (χ0) is 21.2. The van der Waals surface area contributed by atoms with E-state index in [9.17, 15) is 9.90 Å². The Morgan fingerprint density at radius 2 is 1.63 bits per heavy atom. The predicted octanol–water partition coefficient (Wildman–Crippen LogP) is 3.33. The number of aliphatic hydroxyl groups is 1. The molecule has 6 heteroatoms. The fourth-order valence-electron chi connectivity index (χ4n) is 3.72. The van der Waals surface area contributed by atoms with Gasteiger partial charge in [-0.25, -0.2) is 5.48 Å². The number of amides is 1. The van der Waals surface area contributed by atoms with Crippen LogP contribution >= 0.6 is 0 Å². The quantitative estimate of drug-likeness (QED) is 0.317. The van der Waals surface area contributed by atoms with Crippen LogP contribution in [-0.4, -0.2) is 54.0 Å². The molecule has 0 bridgehead atoms. The summed E-state index contributed by atoms with van der Waals surface area (Å²) in [5.74, 6) is -0.388. The van der Waals surface area contributed by atoms with Crippen molar-refractivity contribution < 1.29 is 19.8 Å². The van der Waals surface area contributed by atoms with Gasteiger partial charge in [-0.05, 0) is 41.5 Å². The molecule has 0 saturated carbocycles. The third-order valence-electron chi connectivity index (χ3n) is 5.66. The van der Waals surface area contributed by atoms with Gasteiger partial charge in [-0.1, -0.05) is 55.0 Å². The number of ether oxygens (including phenoxy) is 1. The first-order valence-electron chi connectivity index (χ1n) is 10.8. The van der Waals surface area contributed by atoms with Crippen LogP contribution in [0, 0.1) is 0 Å². The highest BCUT2D eigenvalue weighted by Gasteiger charge is 2.11. The van der Waals surface area contributed by atoms with E-state index in [0.717, 1.165) is 56.8 Å². The molecule has 6 nitrogen and oxygen atoms in total. The number of nitrogens with one attached hydrogen (secondary N) is 1. The topological polar surface area (TPSA) is 82.0 Å². The van der Waals surface area contributed by atoms with Gasteiger partial charge in [0.15, 0.2) is 0 Å². The molecule has 0 aliphatic carbocycles. The van der Waals surface area contributed by atoms with Crippen LogP contribution in [0.5, 0.6) is 0 Å². The number of carbonyl (C=O) groups is 1. The standard InChI is InChI=1S/C24H32N2O4/c27-23(3-1-2-4-24(28)25-29)22-11-9-21(10-12-22)20-7-5-19(6-8-20)13-14-26-15-17-30-18-16-26/h5-12,23,27,29H,1-4,13-18H2,(H,25,28)/t23-/m1/s1. The second kappa shape index (κ2) is 11.8. The Hall–Kier alpha value is -2.25. The number of morpholine rings is 1. The lowest BCUT2D eigenvalue weighted by molar-refractivity contribution is -0.129. The number of nitrogens with zero attached hydrogens (tertiary/aromatic N) is 1. The van der Waals surface area contributed by atoms with Crippen molar-refractivity contribution in [3.05, 3.63) is 59.7 Å². The molecule has 0 radical (unpaired) electrons. The van der Waals surface area contributed by atoms with Gasteiger partial charge in [0.25, 0.3) is 0 Å². The van der Waals surface area contributed by atoms with Crippen molar-refractivity contribution in [1.29, 1.82) is 0 Å². The Balaban J connectivity index is 1.47. The van der Waals surface area contributed by atoms with Crippen molar-refractivity contribution in [3.8, 4) is 11.1 Å². The first kappa shape index (κ1) is 22.4. The number of hydrogen-bond donors (Lipinski definition) is 3. The molecule has 30 heavy (non-hydrogen) atoms. The van der Waals surface area contributed by atoms with E-state index in [1.807, 2.05) is 24.3 Å². The van der Waals surface area contributed by atoms with Crippen molar-refractivity contribution in [3.63, 3.8) is 0 Å². The molecule has 0 unspecified atom stereocenters. The number of benzene rings is 2. The van der Waals surface area contributed by atoms with E-state index in [1.54, 1.807) is 5.48 Å². The smallest absolute Gasteiger partial charge is 0.243 e. The van der Waals surface area contributed by atoms with Gasteiger partial charge in [-0.3, -0.25) is 14.9 Å². The summed E-state index contributed by atoms with van der Waals surface area (Å²) in [6.45, 7) is 4.79. The van der Waals surface area contributed by atoms with E-state index in [2.05, 4.69) is 29.2 Å². The number of rotatable bonds is 10. The molecule has 1 aliphatic rings. The Bertz CT molecular complexity index is 771. The summed E-state index contributed by atoms with van der Waals surface area (Å²) >= 11 is 0. The summed E-state index contributed by atoms with van der Waals surface area (Å²) in [6.07, 6.45) is 2.73. The van der Waals surface area contributed by atoms with Crippen LogP contribution in [0.4, 0.5) is 0 Å². The van der Waals surface area contributed by atoms with Crippen molar-refractivity contribution >= 4 is 5.91 Å². The summed E-state index contributed by atoms with van der Waals surface area (Å²) in [7, 11) is 0. The number of hydroxylamine groups is 1. The molecular formula is C24H32N2O4. The maximum atomic E-state index is 11.0. The van der Waals surface area contributed by atoms with Crippen molar-refractivity contribution in [2.45, 2.75) is 38.2 Å². The fraction of sp³-hybridized carbons (Fsp3) is 0.458. The molecular weight excluding hydrogens is 380 g/mol. The van der Waals surface area contributed by atoms with Gasteiger partial charge < -0.3 is 9.84 Å². The molecule has 0 aromatic heterocycles. The van der Waals surface area contributed by atoms with Gasteiger partial charge in [0.05, 0.1) is 19.3 Å². The van der Waals surface area contributed by atoms with E-state index in [1.165, 1.54) is 11.1 Å². The molecule has 2 aromatic carbocycles. The molecule has 3 rings (SSSR count). The average Bonchev–Trinajstić information content (AvgIpc) is 2.81. The molecule has 3 N–H and O–H groups in total. The van der Waals surface area contributed by atoms with Gasteiger partial charge in [0, 0.05) is 26.1 Å². The summed E-state index contributed by atoms with van der Waals surface area (Å²) < 4.78 is 5.40. The van der Waals surface area contributed by atoms with Gasteiger partial charge in [0.1, 0.15) is 0 Å². The van der Waals surface area contributed by atoms with Crippen LogP contribution in [0.1, 0.15) is 42.9 Å². The van der Waals surface area contributed by atoms with Crippen molar-refractivity contribution in [2.75, 3.05) is 32.8 Å². The summed E-state index contributed by atoms with van der Waals surface area (Å²) in [5.41, 5.74) is 6.14. The maximum Gasteiger partial charge on any atom is 0.243 e. The first-order chi connectivity index (χ1) is 14.7. The van der Waals surface area contributed by atoms with Crippen LogP contribution in [0.25, 0.3) is 11.1 Å². The van der Waals surface area contributed by atoms with Crippen LogP contribution in [-0.2, 0) is 16.0 Å². The lowest BCUT2D eigenvalue weighted by Gasteiger charge is -2.26. The van der Waals surface area contributed by atoms with Gasteiger partial charge >= 0.3 is 0 Å². The Kier molecular flexibility index (Phi) is 8.83. The highest BCUT2D eigenvalue weighted by molar-refractivity contribution is 5.74. The minimum absolute atomic E-state index is 0.268. The molecule has 1 atom stereocenters. The van der Waals surface area contributed by atoms with Crippen LogP contribution in [0.2, 0.25) is 0 Å². The van der Waals surface area contributed by atoms with E-state index < -0.39 is 6.10 Å². The Morgan fingerprint density at radius 1 is 1.00 bits per heavy atom. The van der Waals surface area contributed by atoms with Gasteiger partial charge in [-0.15, -0.1) is 0 Å². The lowest BCUT2D eigenvalue weighted by Crippen LogP contribution is -2.37. The predicted molar refractivity (Wildman–Crippen MR) is 116 cm³/mol. The average molecular weight is 413 g/mol. The molecule has 1 heterocycles. The van der Waals surface area contributed by atoms with E-state index in [4.69, 9.17) is 9.94 Å². The summed E-state index contributed by atoms with van der Waals surface area (Å²) in [6, 6.07) is 16.7. The Labute approximate surface area is 178 Å².